The van der Waals surface area contributed by atoms with Crippen LogP contribution in [0.25, 0.3) is 0 Å². The van der Waals surface area contributed by atoms with Crippen LogP contribution in [0.2, 0.25) is 0 Å². The predicted octanol–water partition coefficient (Wildman–Crippen LogP) is 1.79. The fourth-order valence-corrected chi connectivity index (χ4v) is 1.62. The van der Waals surface area contributed by atoms with Crippen molar-refractivity contribution in [3.63, 3.8) is 0 Å². The number of hydrogen-bond acceptors (Lipinski definition) is 6. The smallest absolute Gasteiger partial charge is 0.328 e. The lowest BCUT2D eigenvalue weighted by atomic mass is 9.94. The highest BCUT2D eigenvalue weighted by Crippen LogP contribution is 2.26. The number of nitrogens with zero attached hydrogens (tertiary/aromatic N) is 3. The van der Waals surface area contributed by atoms with Crippen molar-refractivity contribution in [2.45, 2.75) is 32.2 Å². The molecule has 1 rings (SSSR count). The largest absolute Gasteiger partial charge is 0.362 e. The molecule has 0 bridgehead atoms. The standard InChI is InChI=1S/C12H17N5O2/c1-3-12(14,4-2)8-16-11-10(17(18)19)9(7-13)5-6-15-11/h5-6H,3-4,8,14H2,1-2H3,(H,15,16). The van der Waals surface area contributed by atoms with Crippen molar-refractivity contribution < 1.29 is 4.92 Å². The van der Waals surface area contributed by atoms with Crippen LogP contribution in [0.15, 0.2) is 12.3 Å². The normalized spacial score (nSPS) is 10.8. The van der Waals surface area contributed by atoms with Crippen molar-refractivity contribution in [3.05, 3.63) is 27.9 Å². The monoisotopic (exact) mass is 263 g/mol. The van der Waals surface area contributed by atoms with E-state index in [-0.39, 0.29) is 17.1 Å². The fraction of sp³-hybridized carbons (Fsp3) is 0.500. The van der Waals surface area contributed by atoms with Gasteiger partial charge < -0.3 is 11.1 Å². The molecule has 0 fully saturated rings. The lowest BCUT2D eigenvalue weighted by Crippen LogP contribution is -2.45. The summed E-state index contributed by atoms with van der Waals surface area (Å²) < 4.78 is 0. The van der Waals surface area contributed by atoms with Crippen LogP contribution in [-0.2, 0) is 0 Å². The maximum Gasteiger partial charge on any atom is 0.328 e. The van der Waals surface area contributed by atoms with Crippen LogP contribution in [0.5, 0.6) is 0 Å². The van der Waals surface area contributed by atoms with Gasteiger partial charge in [-0.3, -0.25) is 10.1 Å². The van der Waals surface area contributed by atoms with E-state index in [0.717, 1.165) is 12.8 Å². The molecule has 102 valence electrons. The molecule has 7 nitrogen and oxygen atoms in total. The molecule has 0 amide bonds. The molecule has 1 aromatic heterocycles. The summed E-state index contributed by atoms with van der Waals surface area (Å²) in [5, 5.41) is 22.8. The first-order valence-electron chi connectivity index (χ1n) is 6.03. The van der Waals surface area contributed by atoms with Crippen LogP contribution in [0.4, 0.5) is 11.5 Å². The van der Waals surface area contributed by atoms with Crippen LogP contribution in [-0.4, -0.2) is 22.0 Å². The van der Waals surface area contributed by atoms with Crippen LogP contribution >= 0.6 is 0 Å². The second-order valence-corrected chi connectivity index (χ2v) is 4.35. The first-order valence-corrected chi connectivity index (χ1v) is 6.03. The minimum Gasteiger partial charge on any atom is -0.362 e. The van der Waals surface area contributed by atoms with Crippen molar-refractivity contribution in [2.24, 2.45) is 5.73 Å². The Kier molecular flexibility index (Phi) is 4.78. The Labute approximate surface area is 111 Å². The number of pyridine rings is 1. The molecular weight excluding hydrogens is 246 g/mol. The van der Waals surface area contributed by atoms with E-state index in [1.165, 1.54) is 12.3 Å². The lowest BCUT2D eigenvalue weighted by molar-refractivity contribution is -0.384. The van der Waals surface area contributed by atoms with Crippen molar-refractivity contribution in [2.75, 3.05) is 11.9 Å². The minimum atomic E-state index is -0.607. The van der Waals surface area contributed by atoms with Crippen LogP contribution in [0, 0.1) is 21.4 Å². The molecule has 1 aromatic rings. The Morgan fingerprint density at radius 2 is 2.21 bits per heavy atom. The Hall–Kier alpha value is -2.20. The molecule has 0 spiro atoms. The molecule has 0 atom stereocenters. The molecule has 0 aliphatic rings. The highest BCUT2D eigenvalue weighted by molar-refractivity contribution is 5.64. The van der Waals surface area contributed by atoms with E-state index in [9.17, 15) is 10.1 Å². The zero-order valence-electron chi connectivity index (χ0n) is 11.0. The minimum absolute atomic E-state index is 0.0156. The molecule has 19 heavy (non-hydrogen) atoms. The molecule has 1 heterocycles. The Morgan fingerprint density at radius 1 is 1.58 bits per heavy atom. The third-order valence-electron chi connectivity index (χ3n) is 3.24. The van der Waals surface area contributed by atoms with Crippen molar-refractivity contribution in [1.82, 2.24) is 4.98 Å². The quantitative estimate of drug-likeness (QED) is 0.596. The van der Waals surface area contributed by atoms with E-state index in [0.29, 0.717) is 6.54 Å². The number of nitriles is 1. The van der Waals surface area contributed by atoms with Crippen LogP contribution in [0.3, 0.4) is 0 Å². The number of nitrogens with two attached hydrogens (primary N) is 1. The molecule has 0 aliphatic carbocycles. The average Bonchev–Trinajstić information content (AvgIpc) is 2.43. The van der Waals surface area contributed by atoms with Gasteiger partial charge in [0.05, 0.1) is 4.92 Å². The summed E-state index contributed by atoms with van der Waals surface area (Å²) in [6.45, 7) is 4.28. The lowest BCUT2D eigenvalue weighted by Gasteiger charge is -2.26. The SMILES string of the molecule is CCC(N)(CC)CNc1nccc(C#N)c1[N+](=O)[O-]. The van der Waals surface area contributed by atoms with Gasteiger partial charge in [0, 0.05) is 18.3 Å². The third kappa shape index (κ3) is 3.39. The van der Waals surface area contributed by atoms with Gasteiger partial charge in [0.25, 0.3) is 0 Å². The molecule has 0 saturated carbocycles. The van der Waals surface area contributed by atoms with E-state index < -0.39 is 10.5 Å². The second kappa shape index (κ2) is 6.11. The molecule has 7 heteroatoms. The highest BCUT2D eigenvalue weighted by atomic mass is 16.6. The first kappa shape index (κ1) is 14.9. The summed E-state index contributed by atoms with van der Waals surface area (Å²) in [4.78, 5) is 14.3. The van der Waals surface area contributed by atoms with Crippen molar-refractivity contribution >= 4 is 11.5 Å². The number of anilines is 1. The summed E-state index contributed by atoms with van der Waals surface area (Å²) >= 11 is 0. The molecule has 0 radical (unpaired) electrons. The Balaban J connectivity index is 3.03. The van der Waals surface area contributed by atoms with Crippen LogP contribution < -0.4 is 11.1 Å². The van der Waals surface area contributed by atoms with Crippen LogP contribution in [0.1, 0.15) is 32.3 Å². The average molecular weight is 263 g/mol. The number of nitro groups is 1. The fourth-order valence-electron chi connectivity index (χ4n) is 1.62. The zero-order chi connectivity index (χ0) is 14.5. The van der Waals surface area contributed by atoms with Gasteiger partial charge in [0.15, 0.2) is 0 Å². The number of hydrogen-bond donors (Lipinski definition) is 2. The van der Waals surface area contributed by atoms with Gasteiger partial charge >= 0.3 is 5.69 Å². The molecule has 0 unspecified atom stereocenters. The maximum absolute atomic E-state index is 11.0. The predicted molar refractivity (Wildman–Crippen MR) is 71.6 cm³/mol. The third-order valence-corrected chi connectivity index (χ3v) is 3.24. The van der Waals surface area contributed by atoms with E-state index in [4.69, 9.17) is 11.0 Å². The summed E-state index contributed by atoms with van der Waals surface area (Å²) in [6.07, 6.45) is 2.84. The number of aromatic nitrogens is 1. The molecule has 0 aromatic carbocycles. The summed E-state index contributed by atoms with van der Waals surface area (Å²) in [5.74, 6) is 0.0841. The topological polar surface area (TPSA) is 118 Å². The van der Waals surface area contributed by atoms with Gasteiger partial charge in [0.2, 0.25) is 5.82 Å². The second-order valence-electron chi connectivity index (χ2n) is 4.35. The van der Waals surface area contributed by atoms with Gasteiger partial charge in [0.1, 0.15) is 11.6 Å². The summed E-state index contributed by atoms with van der Waals surface area (Å²) in [6, 6.07) is 3.11. The summed E-state index contributed by atoms with van der Waals surface area (Å²) in [5.41, 5.74) is 5.35. The van der Waals surface area contributed by atoms with Gasteiger partial charge in [-0.05, 0) is 18.9 Å². The molecule has 0 aliphatic heterocycles. The maximum atomic E-state index is 11.0. The van der Waals surface area contributed by atoms with Gasteiger partial charge in [-0.15, -0.1) is 0 Å². The molecular formula is C12H17N5O2. The van der Waals surface area contributed by atoms with E-state index in [1.54, 1.807) is 6.07 Å². The van der Waals surface area contributed by atoms with Crippen molar-refractivity contribution in [1.29, 1.82) is 5.26 Å². The van der Waals surface area contributed by atoms with Gasteiger partial charge in [-0.2, -0.15) is 5.26 Å². The number of nitrogens with one attached hydrogen (secondary N) is 1. The van der Waals surface area contributed by atoms with Gasteiger partial charge in [-0.1, -0.05) is 13.8 Å². The number of rotatable bonds is 6. The Bertz CT molecular complexity index is 505. The summed E-state index contributed by atoms with van der Waals surface area (Å²) in [7, 11) is 0. The zero-order valence-corrected chi connectivity index (χ0v) is 11.0. The first-order chi connectivity index (χ1) is 8.97. The highest BCUT2D eigenvalue weighted by Gasteiger charge is 2.25. The van der Waals surface area contributed by atoms with E-state index in [2.05, 4.69) is 10.3 Å². The van der Waals surface area contributed by atoms with Gasteiger partial charge in [-0.25, -0.2) is 4.98 Å². The van der Waals surface area contributed by atoms with E-state index >= 15 is 0 Å². The molecule has 0 saturated heterocycles. The van der Waals surface area contributed by atoms with E-state index in [1.807, 2.05) is 13.8 Å². The Morgan fingerprint density at radius 3 is 2.68 bits per heavy atom. The van der Waals surface area contributed by atoms with Crippen molar-refractivity contribution in [3.8, 4) is 6.07 Å². The molecule has 3 N–H and O–H groups in total.